The van der Waals surface area contributed by atoms with Gasteiger partial charge in [-0.25, -0.2) is 0 Å². The van der Waals surface area contributed by atoms with Gasteiger partial charge in [0, 0.05) is 31.0 Å². The number of nitriles is 1. The Bertz CT molecular complexity index is 1060. The molecule has 2 amide bonds. The Morgan fingerprint density at radius 3 is 2.53 bits per heavy atom. The third-order valence-electron chi connectivity index (χ3n) is 7.87. The predicted molar refractivity (Wildman–Crippen MR) is 139 cm³/mol. The molecule has 2 atom stereocenters. The van der Waals surface area contributed by atoms with Crippen molar-refractivity contribution in [2.45, 2.75) is 75.9 Å². The van der Waals surface area contributed by atoms with Gasteiger partial charge in [0.2, 0.25) is 5.91 Å². The molecule has 2 fully saturated rings. The summed E-state index contributed by atoms with van der Waals surface area (Å²) in [5, 5.41) is 16.7. The highest BCUT2D eigenvalue weighted by molar-refractivity contribution is 5.99. The van der Waals surface area contributed by atoms with E-state index in [2.05, 4.69) is 21.7 Å². The second-order valence-corrected chi connectivity index (χ2v) is 10.5. The van der Waals surface area contributed by atoms with E-state index in [4.69, 9.17) is 0 Å². The SMILES string of the molecule is CC(CCC1CCCCC1)(NC(=O)c1ccncc1)C(=O)N(Cc1ccccc1)C1(C#N)CCNC1. The monoisotopic (exact) mass is 487 g/mol. The molecule has 1 aliphatic carbocycles. The molecule has 1 aromatic carbocycles. The molecule has 4 rings (SSSR count). The van der Waals surface area contributed by atoms with Crippen molar-refractivity contribution in [2.75, 3.05) is 13.1 Å². The number of benzene rings is 1. The zero-order valence-electron chi connectivity index (χ0n) is 21.2. The molecule has 2 unspecified atom stereocenters. The lowest BCUT2D eigenvalue weighted by Crippen LogP contribution is -2.63. The Morgan fingerprint density at radius 2 is 1.89 bits per heavy atom. The fraction of sp³-hybridized carbons (Fsp3) is 0.517. The van der Waals surface area contributed by atoms with Gasteiger partial charge in [-0.2, -0.15) is 5.26 Å². The maximum atomic E-state index is 14.5. The summed E-state index contributed by atoms with van der Waals surface area (Å²) in [5.41, 5.74) is -0.671. The maximum absolute atomic E-state index is 14.5. The van der Waals surface area contributed by atoms with Gasteiger partial charge in [0.1, 0.15) is 11.1 Å². The maximum Gasteiger partial charge on any atom is 0.252 e. The van der Waals surface area contributed by atoms with Crippen molar-refractivity contribution in [3.63, 3.8) is 0 Å². The van der Waals surface area contributed by atoms with E-state index in [1.54, 1.807) is 29.4 Å². The minimum Gasteiger partial charge on any atom is -0.338 e. The van der Waals surface area contributed by atoms with E-state index in [1.807, 2.05) is 37.3 Å². The fourth-order valence-electron chi connectivity index (χ4n) is 5.56. The highest BCUT2D eigenvalue weighted by Crippen LogP contribution is 2.33. The summed E-state index contributed by atoms with van der Waals surface area (Å²) in [6, 6.07) is 15.5. The standard InChI is InChI=1S/C29H37N5O2/c1-28(15-12-23-8-4-2-5-9-23,33-26(35)25-13-17-31-18-14-25)27(36)34(20-24-10-6-3-7-11-24)29(21-30)16-19-32-22-29/h3,6-7,10-11,13-14,17-18,23,32H,2,4-5,8-9,12,15-16,19-20,22H2,1H3,(H,33,35). The topological polar surface area (TPSA) is 98.1 Å². The van der Waals surface area contributed by atoms with Crippen LogP contribution in [0, 0.1) is 17.2 Å². The summed E-state index contributed by atoms with van der Waals surface area (Å²) < 4.78 is 0. The number of hydrogen-bond acceptors (Lipinski definition) is 5. The van der Waals surface area contributed by atoms with Crippen molar-refractivity contribution in [1.29, 1.82) is 5.26 Å². The first-order valence-corrected chi connectivity index (χ1v) is 13.2. The van der Waals surface area contributed by atoms with Gasteiger partial charge in [-0.15, -0.1) is 0 Å². The summed E-state index contributed by atoms with van der Waals surface area (Å²) in [6.45, 7) is 3.25. The van der Waals surface area contributed by atoms with Crippen LogP contribution in [0.1, 0.15) is 74.2 Å². The number of pyridine rings is 1. The number of nitrogens with zero attached hydrogens (tertiary/aromatic N) is 3. The smallest absolute Gasteiger partial charge is 0.252 e. The Morgan fingerprint density at radius 1 is 1.17 bits per heavy atom. The van der Waals surface area contributed by atoms with E-state index < -0.39 is 11.1 Å². The van der Waals surface area contributed by atoms with E-state index in [0.717, 1.165) is 12.0 Å². The summed E-state index contributed by atoms with van der Waals surface area (Å²) in [4.78, 5) is 33.5. The highest BCUT2D eigenvalue weighted by Gasteiger charge is 2.48. The van der Waals surface area contributed by atoms with Crippen molar-refractivity contribution >= 4 is 11.8 Å². The molecule has 1 aromatic heterocycles. The van der Waals surface area contributed by atoms with E-state index in [9.17, 15) is 14.9 Å². The van der Waals surface area contributed by atoms with Crippen LogP contribution < -0.4 is 10.6 Å². The van der Waals surface area contributed by atoms with Crippen LogP contribution in [-0.2, 0) is 11.3 Å². The van der Waals surface area contributed by atoms with Crippen LogP contribution in [0.3, 0.4) is 0 Å². The van der Waals surface area contributed by atoms with Crippen molar-refractivity contribution in [3.05, 3.63) is 66.0 Å². The molecular formula is C29H37N5O2. The largest absolute Gasteiger partial charge is 0.338 e. The highest BCUT2D eigenvalue weighted by atomic mass is 16.2. The van der Waals surface area contributed by atoms with Gasteiger partial charge < -0.3 is 15.5 Å². The van der Waals surface area contributed by atoms with Gasteiger partial charge in [-0.1, -0.05) is 62.4 Å². The first kappa shape index (κ1) is 25.8. The molecule has 2 N–H and O–H groups in total. The molecule has 36 heavy (non-hydrogen) atoms. The number of carbonyl (C=O) groups excluding carboxylic acids is 2. The van der Waals surface area contributed by atoms with Gasteiger partial charge in [0.15, 0.2) is 0 Å². The first-order valence-electron chi connectivity index (χ1n) is 13.2. The van der Waals surface area contributed by atoms with Crippen LogP contribution in [-0.4, -0.2) is 45.9 Å². The Kier molecular flexibility index (Phi) is 8.37. The van der Waals surface area contributed by atoms with Gasteiger partial charge in [-0.3, -0.25) is 14.6 Å². The third kappa shape index (κ3) is 5.93. The quantitative estimate of drug-likeness (QED) is 0.552. The van der Waals surface area contributed by atoms with E-state index in [1.165, 1.54) is 32.1 Å². The molecule has 190 valence electrons. The molecule has 0 bridgehead atoms. The third-order valence-corrected chi connectivity index (χ3v) is 7.87. The number of amides is 2. The van der Waals surface area contributed by atoms with Crippen LogP contribution in [0.2, 0.25) is 0 Å². The van der Waals surface area contributed by atoms with Crippen LogP contribution >= 0.6 is 0 Å². The lowest BCUT2D eigenvalue weighted by molar-refractivity contribution is -0.143. The Labute approximate surface area is 214 Å². The summed E-state index contributed by atoms with van der Waals surface area (Å²) in [5.74, 6) is 0.0614. The van der Waals surface area contributed by atoms with Gasteiger partial charge in [-0.05, 0) is 56.3 Å². The first-order chi connectivity index (χ1) is 17.5. The van der Waals surface area contributed by atoms with Crippen LogP contribution in [0.25, 0.3) is 0 Å². The number of aromatic nitrogens is 1. The van der Waals surface area contributed by atoms with Crippen LogP contribution in [0.15, 0.2) is 54.9 Å². The van der Waals surface area contributed by atoms with Gasteiger partial charge in [0.25, 0.3) is 5.91 Å². The molecule has 2 aromatic rings. The lowest BCUT2D eigenvalue weighted by atomic mass is 9.81. The molecule has 1 saturated carbocycles. The molecular weight excluding hydrogens is 450 g/mol. The molecule has 1 aliphatic heterocycles. The molecule has 1 saturated heterocycles. The molecule has 7 nitrogen and oxygen atoms in total. The molecule has 2 heterocycles. The van der Waals surface area contributed by atoms with E-state index >= 15 is 0 Å². The molecule has 0 radical (unpaired) electrons. The Balaban J connectivity index is 1.65. The van der Waals surface area contributed by atoms with Crippen molar-refractivity contribution in [1.82, 2.24) is 20.5 Å². The minimum absolute atomic E-state index is 0.199. The van der Waals surface area contributed by atoms with Crippen LogP contribution in [0.4, 0.5) is 0 Å². The van der Waals surface area contributed by atoms with Gasteiger partial charge in [0.05, 0.1) is 6.07 Å². The average Bonchev–Trinajstić information content (AvgIpc) is 3.42. The normalized spacial score (nSPS) is 21.8. The van der Waals surface area contributed by atoms with Crippen LogP contribution in [0.5, 0.6) is 0 Å². The zero-order valence-corrected chi connectivity index (χ0v) is 21.2. The van der Waals surface area contributed by atoms with E-state index in [-0.39, 0.29) is 11.8 Å². The second-order valence-electron chi connectivity index (χ2n) is 10.5. The second kappa shape index (κ2) is 11.7. The number of rotatable bonds is 9. The number of hydrogen-bond donors (Lipinski definition) is 2. The van der Waals surface area contributed by atoms with E-state index in [0.29, 0.717) is 44.0 Å². The van der Waals surface area contributed by atoms with Crippen molar-refractivity contribution < 1.29 is 9.59 Å². The summed E-state index contributed by atoms with van der Waals surface area (Å²) in [6.07, 6.45) is 11.2. The Hall–Kier alpha value is -3.24. The van der Waals surface area contributed by atoms with Crippen molar-refractivity contribution in [2.24, 2.45) is 5.92 Å². The van der Waals surface area contributed by atoms with Gasteiger partial charge >= 0.3 is 0 Å². The van der Waals surface area contributed by atoms with Crippen molar-refractivity contribution in [3.8, 4) is 6.07 Å². The summed E-state index contributed by atoms with van der Waals surface area (Å²) in [7, 11) is 0. The molecule has 2 aliphatic rings. The fourth-order valence-corrected chi connectivity index (χ4v) is 5.56. The molecule has 7 heteroatoms. The zero-order chi connectivity index (χ0) is 25.4. The average molecular weight is 488 g/mol. The lowest BCUT2D eigenvalue weighted by Gasteiger charge is -2.42. The number of carbonyl (C=O) groups is 2. The minimum atomic E-state index is -1.14. The summed E-state index contributed by atoms with van der Waals surface area (Å²) >= 11 is 0. The molecule has 0 spiro atoms. The number of nitrogens with one attached hydrogen (secondary N) is 2. The predicted octanol–water partition coefficient (Wildman–Crippen LogP) is 4.22.